The quantitative estimate of drug-likeness (QED) is 0.856. The third-order valence-corrected chi connectivity index (χ3v) is 3.28. The van der Waals surface area contributed by atoms with Crippen molar-refractivity contribution in [3.05, 3.63) is 59.7 Å². The first kappa shape index (κ1) is 18.3. The van der Waals surface area contributed by atoms with Gasteiger partial charge in [-0.25, -0.2) is 0 Å². The van der Waals surface area contributed by atoms with Crippen LogP contribution in [0.25, 0.3) is 0 Å². The first-order chi connectivity index (χ1) is 11.9. The number of aryl methyl sites for hydroxylation is 1. The maximum absolute atomic E-state index is 12.3. The number of rotatable bonds is 6. The number of hydrogen-bond donors (Lipinski definition) is 1. The molecule has 2 aromatic rings. The van der Waals surface area contributed by atoms with Gasteiger partial charge in [0.15, 0.2) is 6.61 Å². The van der Waals surface area contributed by atoms with E-state index in [1.54, 1.807) is 30.3 Å². The third-order valence-electron chi connectivity index (χ3n) is 3.28. The minimum atomic E-state index is -4.45. The average molecular weight is 348 g/mol. The summed E-state index contributed by atoms with van der Waals surface area (Å²) >= 11 is 0. The molecule has 0 bridgehead atoms. The normalized spacial score (nSPS) is 10.8. The lowest BCUT2D eigenvalue weighted by atomic mass is 10.1. The fourth-order valence-corrected chi connectivity index (χ4v) is 2.07. The first-order valence-corrected chi connectivity index (χ1v) is 7.45. The maximum Gasteiger partial charge on any atom is 0.422 e. The Morgan fingerprint density at radius 3 is 2.44 bits per heavy atom. The molecule has 0 spiro atoms. The zero-order valence-electron chi connectivity index (χ0n) is 13.1. The molecule has 130 valence electrons. The second-order valence-electron chi connectivity index (χ2n) is 5.26. The van der Waals surface area contributed by atoms with E-state index in [1.165, 1.54) is 18.2 Å². The van der Waals surface area contributed by atoms with Crippen LogP contribution in [0.3, 0.4) is 0 Å². The molecule has 25 heavy (non-hydrogen) atoms. The first-order valence-electron chi connectivity index (χ1n) is 7.45. The van der Waals surface area contributed by atoms with Gasteiger partial charge in [0.1, 0.15) is 5.75 Å². The van der Waals surface area contributed by atoms with Gasteiger partial charge in [-0.15, -0.1) is 0 Å². The van der Waals surface area contributed by atoms with Crippen LogP contribution in [0, 0.1) is 11.3 Å². The SMILES string of the molecule is N#Cc1ccc(CCC(=O)Nc2ccccc2OCC(F)(F)F)cc1. The van der Waals surface area contributed by atoms with Crippen molar-refractivity contribution in [3.63, 3.8) is 0 Å². The predicted octanol–water partition coefficient (Wildman–Crippen LogP) is 4.07. The van der Waals surface area contributed by atoms with Crippen LogP contribution < -0.4 is 10.1 Å². The lowest BCUT2D eigenvalue weighted by Gasteiger charge is -2.13. The highest BCUT2D eigenvalue weighted by atomic mass is 19.4. The Morgan fingerprint density at radius 1 is 1.12 bits per heavy atom. The second kappa shape index (κ2) is 8.20. The molecule has 0 saturated heterocycles. The highest BCUT2D eigenvalue weighted by molar-refractivity contribution is 5.92. The Balaban J connectivity index is 1.92. The van der Waals surface area contributed by atoms with E-state index in [9.17, 15) is 18.0 Å². The van der Waals surface area contributed by atoms with E-state index in [1.807, 2.05) is 6.07 Å². The summed E-state index contributed by atoms with van der Waals surface area (Å²) in [5, 5.41) is 11.3. The molecular formula is C18H15F3N2O2. The van der Waals surface area contributed by atoms with Crippen LogP contribution in [0.1, 0.15) is 17.5 Å². The number of hydrogen-bond acceptors (Lipinski definition) is 3. The summed E-state index contributed by atoms with van der Waals surface area (Å²) in [6.45, 7) is -1.43. The van der Waals surface area contributed by atoms with Crippen LogP contribution in [0.5, 0.6) is 5.75 Å². The molecule has 0 saturated carbocycles. The Hall–Kier alpha value is -3.01. The summed E-state index contributed by atoms with van der Waals surface area (Å²) in [5.41, 5.74) is 1.61. The summed E-state index contributed by atoms with van der Waals surface area (Å²) in [7, 11) is 0. The molecule has 0 fully saturated rings. The summed E-state index contributed by atoms with van der Waals surface area (Å²) in [6.07, 6.45) is -3.85. The van der Waals surface area contributed by atoms with Crippen molar-refractivity contribution >= 4 is 11.6 Å². The van der Waals surface area contributed by atoms with Crippen LogP contribution >= 0.6 is 0 Å². The van der Waals surface area contributed by atoms with Gasteiger partial charge in [0, 0.05) is 6.42 Å². The number of alkyl halides is 3. The van der Waals surface area contributed by atoms with Gasteiger partial charge < -0.3 is 10.1 Å². The van der Waals surface area contributed by atoms with Crippen LogP contribution in [0.15, 0.2) is 48.5 Å². The maximum atomic E-state index is 12.3. The van der Waals surface area contributed by atoms with E-state index in [4.69, 9.17) is 10.00 Å². The van der Waals surface area contributed by atoms with Gasteiger partial charge in [-0.1, -0.05) is 24.3 Å². The Bertz CT molecular complexity index is 765. The number of halogens is 3. The number of carbonyl (C=O) groups is 1. The fraction of sp³-hybridized carbons (Fsp3) is 0.222. The third kappa shape index (κ3) is 6.18. The van der Waals surface area contributed by atoms with Gasteiger partial charge in [-0.3, -0.25) is 4.79 Å². The fourth-order valence-electron chi connectivity index (χ4n) is 2.07. The largest absolute Gasteiger partial charge is 0.482 e. The number of nitrogens with zero attached hydrogens (tertiary/aromatic N) is 1. The van der Waals surface area contributed by atoms with Crippen LogP contribution in [-0.4, -0.2) is 18.7 Å². The second-order valence-corrected chi connectivity index (χ2v) is 5.26. The molecule has 2 rings (SSSR count). The average Bonchev–Trinajstić information content (AvgIpc) is 2.59. The van der Waals surface area contributed by atoms with E-state index in [0.717, 1.165) is 5.56 Å². The molecule has 0 heterocycles. The lowest BCUT2D eigenvalue weighted by Crippen LogP contribution is -2.20. The Morgan fingerprint density at radius 2 is 1.80 bits per heavy atom. The monoisotopic (exact) mass is 348 g/mol. The van der Waals surface area contributed by atoms with Crippen molar-refractivity contribution in [2.75, 3.05) is 11.9 Å². The molecule has 4 nitrogen and oxygen atoms in total. The summed E-state index contributed by atoms with van der Waals surface area (Å²) in [5.74, 6) is -0.376. The Kier molecular flexibility index (Phi) is 6.01. The van der Waals surface area contributed by atoms with Gasteiger partial charge in [-0.05, 0) is 36.2 Å². The number of para-hydroxylation sites is 2. The molecule has 0 atom stereocenters. The van der Waals surface area contributed by atoms with Crippen LogP contribution in [0.4, 0.5) is 18.9 Å². The molecule has 0 aliphatic rings. The van der Waals surface area contributed by atoms with E-state index in [0.29, 0.717) is 12.0 Å². The highest BCUT2D eigenvalue weighted by Gasteiger charge is 2.28. The molecule has 0 aliphatic carbocycles. The molecule has 0 radical (unpaired) electrons. The van der Waals surface area contributed by atoms with Crippen molar-refractivity contribution in [1.82, 2.24) is 0 Å². The van der Waals surface area contributed by atoms with Crippen molar-refractivity contribution in [3.8, 4) is 11.8 Å². The molecule has 7 heteroatoms. The number of amides is 1. The summed E-state index contributed by atoms with van der Waals surface area (Å²) < 4.78 is 41.5. The number of nitriles is 1. The van der Waals surface area contributed by atoms with Gasteiger partial charge in [0.25, 0.3) is 0 Å². The van der Waals surface area contributed by atoms with Gasteiger partial charge in [0.2, 0.25) is 5.91 Å². The topological polar surface area (TPSA) is 62.1 Å². The molecule has 0 aliphatic heterocycles. The molecule has 0 unspecified atom stereocenters. The minimum Gasteiger partial charge on any atom is -0.482 e. The molecular weight excluding hydrogens is 333 g/mol. The summed E-state index contributed by atoms with van der Waals surface area (Å²) in [6, 6.07) is 14.8. The zero-order valence-corrected chi connectivity index (χ0v) is 13.1. The highest BCUT2D eigenvalue weighted by Crippen LogP contribution is 2.26. The van der Waals surface area contributed by atoms with Gasteiger partial charge in [-0.2, -0.15) is 18.4 Å². The standard InChI is InChI=1S/C18H15F3N2O2/c19-18(20,21)12-25-16-4-2-1-3-15(16)23-17(24)10-9-13-5-7-14(11-22)8-6-13/h1-8H,9-10,12H2,(H,23,24). The Labute approximate surface area is 142 Å². The van der Waals surface area contributed by atoms with Gasteiger partial charge in [0.05, 0.1) is 17.3 Å². The smallest absolute Gasteiger partial charge is 0.422 e. The molecule has 0 aromatic heterocycles. The van der Waals surface area contributed by atoms with Crippen LogP contribution in [-0.2, 0) is 11.2 Å². The number of nitrogens with one attached hydrogen (secondary N) is 1. The molecule has 1 amide bonds. The van der Waals surface area contributed by atoms with E-state index in [2.05, 4.69) is 5.32 Å². The minimum absolute atomic E-state index is 0.0356. The van der Waals surface area contributed by atoms with E-state index >= 15 is 0 Å². The van der Waals surface area contributed by atoms with Gasteiger partial charge >= 0.3 is 6.18 Å². The van der Waals surface area contributed by atoms with Crippen molar-refractivity contribution < 1.29 is 22.7 Å². The van der Waals surface area contributed by atoms with E-state index in [-0.39, 0.29) is 23.8 Å². The molecule has 1 N–H and O–H groups in total. The van der Waals surface area contributed by atoms with Crippen molar-refractivity contribution in [2.45, 2.75) is 19.0 Å². The van der Waals surface area contributed by atoms with E-state index < -0.39 is 12.8 Å². The number of anilines is 1. The number of benzene rings is 2. The van der Waals surface area contributed by atoms with Crippen molar-refractivity contribution in [1.29, 1.82) is 5.26 Å². The summed E-state index contributed by atoms with van der Waals surface area (Å²) in [4.78, 5) is 12.0. The van der Waals surface area contributed by atoms with Crippen LogP contribution in [0.2, 0.25) is 0 Å². The predicted molar refractivity (Wildman–Crippen MR) is 86.1 cm³/mol. The van der Waals surface area contributed by atoms with Crippen molar-refractivity contribution in [2.24, 2.45) is 0 Å². The zero-order chi connectivity index (χ0) is 18.3. The number of carbonyl (C=O) groups excluding carboxylic acids is 1. The molecule has 2 aromatic carbocycles. The lowest BCUT2D eigenvalue weighted by molar-refractivity contribution is -0.153. The number of ether oxygens (including phenoxy) is 1.